The van der Waals surface area contributed by atoms with Crippen LogP contribution in [-0.2, 0) is 0 Å². The van der Waals surface area contributed by atoms with Gasteiger partial charge in [-0.1, -0.05) is 194 Å². The zero-order valence-corrected chi connectivity index (χ0v) is 40.0. The largest absolute Gasteiger partial charge is 0.456 e. The summed E-state index contributed by atoms with van der Waals surface area (Å²) < 4.78 is 11.3. The molecule has 0 bridgehead atoms. The summed E-state index contributed by atoms with van der Waals surface area (Å²) in [6.45, 7) is 0. The van der Waals surface area contributed by atoms with Gasteiger partial charge >= 0.3 is 0 Å². The zero-order valence-electron chi connectivity index (χ0n) is 39.2. The van der Waals surface area contributed by atoms with E-state index in [-0.39, 0.29) is 0 Å². The maximum Gasteiger partial charge on any atom is 0.164 e. The highest BCUT2D eigenvalue weighted by Gasteiger charge is 2.23. The van der Waals surface area contributed by atoms with E-state index in [9.17, 15) is 0 Å². The van der Waals surface area contributed by atoms with E-state index >= 15 is 0 Å². The van der Waals surface area contributed by atoms with E-state index in [4.69, 9.17) is 19.4 Å². The summed E-state index contributed by atoms with van der Waals surface area (Å²) in [4.78, 5) is 15.6. The van der Waals surface area contributed by atoms with Crippen LogP contribution in [0.25, 0.3) is 148 Å². The van der Waals surface area contributed by atoms with Gasteiger partial charge < -0.3 is 8.98 Å². The van der Waals surface area contributed by atoms with Crippen molar-refractivity contribution in [2.45, 2.75) is 0 Å². The van der Waals surface area contributed by atoms with Crippen LogP contribution in [0.15, 0.2) is 247 Å². The van der Waals surface area contributed by atoms with Crippen LogP contribution in [0.2, 0.25) is 0 Å². The standard InChI is InChI=1S/C67H40N4OS/c1-3-16-41(17-4-1)44-21-13-22-45(38-44)50-35-36-54(64-62(50)55-27-10-12-31-60(55)73-64)53-28-15-29-56-61-49-25-8-7-18-42(49)33-37-57(61)71(63(53)56)48-24-14-23-46(39-48)66-68-65(43-19-5-2-6-20-43)69-67(70-66)47-32-34-52-51-26-9-11-30-58(51)72-59(52)40-47/h1-40H. The average molecular weight is 949 g/mol. The Morgan fingerprint density at radius 3 is 1.81 bits per heavy atom. The normalized spacial score (nSPS) is 11.8. The van der Waals surface area contributed by atoms with E-state index in [0.717, 1.165) is 55.3 Å². The first-order chi connectivity index (χ1) is 36.2. The summed E-state index contributed by atoms with van der Waals surface area (Å²) in [6, 6.07) is 86.5. The molecule has 0 spiro atoms. The molecule has 340 valence electrons. The molecule has 0 atom stereocenters. The number of hydrogen-bond donors (Lipinski definition) is 0. The lowest BCUT2D eigenvalue weighted by atomic mass is 9.92. The molecule has 11 aromatic carbocycles. The maximum absolute atomic E-state index is 6.35. The van der Waals surface area contributed by atoms with Gasteiger partial charge in [-0.05, 0) is 81.6 Å². The Balaban J connectivity index is 0.954. The summed E-state index contributed by atoms with van der Waals surface area (Å²) in [5.74, 6) is 1.76. The number of benzene rings is 11. The first kappa shape index (κ1) is 41.3. The van der Waals surface area contributed by atoms with E-state index in [0.29, 0.717) is 17.5 Å². The molecule has 0 radical (unpaired) electrons. The number of rotatable bonds is 7. The second kappa shape index (κ2) is 16.6. The van der Waals surface area contributed by atoms with E-state index in [1.54, 1.807) is 0 Å². The third-order valence-corrected chi connectivity index (χ3v) is 15.6. The molecule has 15 rings (SSSR count). The van der Waals surface area contributed by atoms with Crippen LogP contribution in [0.4, 0.5) is 0 Å². The summed E-state index contributed by atoms with van der Waals surface area (Å²) in [6.07, 6.45) is 0. The number of thiophene rings is 1. The van der Waals surface area contributed by atoms with Crippen LogP contribution in [0.1, 0.15) is 0 Å². The average Bonchev–Trinajstić information content (AvgIpc) is 4.16. The van der Waals surface area contributed by atoms with Gasteiger partial charge in [0.25, 0.3) is 0 Å². The fourth-order valence-electron chi connectivity index (χ4n) is 11.1. The summed E-state index contributed by atoms with van der Waals surface area (Å²) in [7, 11) is 0. The minimum Gasteiger partial charge on any atom is -0.456 e. The van der Waals surface area contributed by atoms with Crippen molar-refractivity contribution in [2.75, 3.05) is 0 Å². The van der Waals surface area contributed by atoms with Crippen molar-refractivity contribution in [3.63, 3.8) is 0 Å². The van der Waals surface area contributed by atoms with Gasteiger partial charge in [0.15, 0.2) is 17.5 Å². The molecule has 0 amide bonds. The van der Waals surface area contributed by atoms with Gasteiger partial charge in [0, 0.05) is 75.2 Å². The van der Waals surface area contributed by atoms with Gasteiger partial charge in [-0.3, -0.25) is 0 Å². The van der Waals surface area contributed by atoms with Crippen LogP contribution < -0.4 is 0 Å². The molecule has 0 aliphatic heterocycles. The van der Waals surface area contributed by atoms with Crippen molar-refractivity contribution in [3.05, 3.63) is 243 Å². The Morgan fingerprint density at radius 2 is 0.959 bits per heavy atom. The Bertz CT molecular complexity index is 4680. The van der Waals surface area contributed by atoms with Crippen molar-refractivity contribution in [2.24, 2.45) is 0 Å². The number of nitrogens with zero attached hydrogens (tertiary/aromatic N) is 4. The lowest BCUT2D eigenvalue weighted by molar-refractivity contribution is 0.669. The third kappa shape index (κ3) is 6.72. The monoisotopic (exact) mass is 948 g/mol. The third-order valence-electron chi connectivity index (χ3n) is 14.4. The molecular weight excluding hydrogens is 909 g/mol. The lowest BCUT2D eigenvalue weighted by Crippen LogP contribution is -2.01. The smallest absolute Gasteiger partial charge is 0.164 e. The van der Waals surface area contributed by atoms with Gasteiger partial charge in [-0.25, -0.2) is 15.0 Å². The highest BCUT2D eigenvalue weighted by Crippen LogP contribution is 2.49. The summed E-state index contributed by atoms with van der Waals surface area (Å²) >= 11 is 1.87. The molecule has 0 aliphatic carbocycles. The number of para-hydroxylation sites is 2. The number of hydrogen-bond acceptors (Lipinski definition) is 5. The predicted molar refractivity (Wildman–Crippen MR) is 304 cm³/mol. The number of fused-ring (bicyclic) bond motifs is 11. The van der Waals surface area contributed by atoms with Crippen LogP contribution in [0, 0.1) is 0 Å². The molecule has 5 nitrogen and oxygen atoms in total. The molecule has 4 aromatic heterocycles. The molecule has 4 heterocycles. The van der Waals surface area contributed by atoms with Crippen LogP contribution in [-0.4, -0.2) is 19.5 Å². The highest BCUT2D eigenvalue weighted by molar-refractivity contribution is 7.26. The molecular formula is C67H40N4OS. The number of aromatic nitrogens is 4. The van der Waals surface area contributed by atoms with E-state index < -0.39 is 0 Å². The van der Waals surface area contributed by atoms with Crippen LogP contribution >= 0.6 is 11.3 Å². The van der Waals surface area contributed by atoms with E-state index in [2.05, 4.69) is 193 Å². The Morgan fingerprint density at radius 1 is 0.342 bits per heavy atom. The summed E-state index contributed by atoms with van der Waals surface area (Å²) in [5.41, 5.74) is 14.8. The molecule has 0 fully saturated rings. The van der Waals surface area contributed by atoms with Crippen molar-refractivity contribution in [3.8, 4) is 73.2 Å². The molecule has 0 aliphatic rings. The van der Waals surface area contributed by atoms with Gasteiger partial charge in [0.1, 0.15) is 11.2 Å². The zero-order chi connectivity index (χ0) is 48.0. The van der Waals surface area contributed by atoms with Crippen molar-refractivity contribution in [1.29, 1.82) is 0 Å². The van der Waals surface area contributed by atoms with Gasteiger partial charge in [-0.15, -0.1) is 11.3 Å². The first-order valence-corrected chi connectivity index (χ1v) is 25.4. The molecule has 73 heavy (non-hydrogen) atoms. The molecule has 0 saturated carbocycles. The first-order valence-electron chi connectivity index (χ1n) is 24.6. The summed E-state index contributed by atoms with van der Waals surface area (Å²) in [5, 5.41) is 9.51. The SMILES string of the molecule is c1ccc(-c2cccc(-c3ccc(-c4cccc5c6c7ccccc7ccc6n(-c6cccc(-c7nc(-c8ccccc8)nc(-c8ccc9c(c8)oc8ccccc89)n7)c6)c45)c4sc5ccccc5c34)c2)cc1. The van der Waals surface area contributed by atoms with Crippen molar-refractivity contribution in [1.82, 2.24) is 19.5 Å². The minimum atomic E-state index is 0.574. The Hall–Kier alpha value is -9.49. The van der Waals surface area contributed by atoms with Crippen molar-refractivity contribution < 1.29 is 4.42 Å². The predicted octanol–water partition coefficient (Wildman–Crippen LogP) is 18.4. The Labute approximate surface area is 423 Å². The second-order valence-electron chi connectivity index (χ2n) is 18.7. The minimum absolute atomic E-state index is 0.574. The molecule has 6 heteroatoms. The second-order valence-corrected chi connectivity index (χ2v) is 19.7. The van der Waals surface area contributed by atoms with Gasteiger partial charge in [-0.2, -0.15) is 0 Å². The Kier molecular flexibility index (Phi) is 9.37. The fraction of sp³-hybridized carbons (Fsp3) is 0. The lowest BCUT2D eigenvalue weighted by Gasteiger charge is -2.15. The van der Waals surface area contributed by atoms with Crippen LogP contribution in [0.3, 0.4) is 0 Å². The maximum atomic E-state index is 6.35. The molecule has 0 unspecified atom stereocenters. The topological polar surface area (TPSA) is 56.7 Å². The fourth-order valence-corrected chi connectivity index (χ4v) is 12.4. The quantitative estimate of drug-likeness (QED) is 0.160. The van der Waals surface area contributed by atoms with Gasteiger partial charge in [0.05, 0.1) is 11.0 Å². The van der Waals surface area contributed by atoms with Crippen molar-refractivity contribution >= 4 is 86.0 Å². The molecule has 15 aromatic rings. The van der Waals surface area contributed by atoms with Gasteiger partial charge in [0.2, 0.25) is 0 Å². The molecule has 0 saturated heterocycles. The van der Waals surface area contributed by atoms with Crippen LogP contribution in [0.5, 0.6) is 0 Å². The van der Waals surface area contributed by atoms with E-state index in [1.807, 2.05) is 65.9 Å². The van der Waals surface area contributed by atoms with E-state index in [1.165, 1.54) is 75.1 Å². The number of furan rings is 1. The highest BCUT2D eigenvalue weighted by atomic mass is 32.1. The molecule has 0 N–H and O–H groups in total.